The van der Waals surface area contributed by atoms with E-state index in [9.17, 15) is 9.59 Å². The first kappa shape index (κ1) is 19.1. The summed E-state index contributed by atoms with van der Waals surface area (Å²) in [6.45, 7) is 2.03. The van der Waals surface area contributed by atoms with Gasteiger partial charge in [-0.15, -0.1) is 11.3 Å². The molecule has 29 heavy (non-hydrogen) atoms. The van der Waals surface area contributed by atoms with E-state index in [2.05, 4.69) is 4.98 Å². The van der Waals surface area contributed by atoms with E-state index in [1.807, 2.05) is 73.0 Å². The molecule has 1 atom stereocenters. The lowest BCUT2D eigenvalue weighted by molar-refractivity contribution is -0.149. The van der Waals surface area contributed by atoms with Crippen molar-refractivity contribution in [3.63, 3.8) is 0 Å². The summed E-state index contributed by atoms with van der Waals surface area (Å²) in [6.07, 6.45) is 1.89. The van der Waals surface area contributed by atoms with Crippen molar-refractivity contribution in [3.05, 3.63) is 88.3 Å². The Morgan fingerprint density at radius 1 is 1.10 bits per heavy atom. The zero-order chi connectivity index (χ0) is 20.2. The molecular weight excluding hydrogens is 384 g/mol. The van der Waals surface area contributed by atoms with Gasteiger partial charge >= 0.3 is 5.97 Å². The summed E-state index contributed by atoms with van der Waals surface area (Å²) >= 11 is 1.43. The number of thiophene rings is 1. The molecule has 2 aromatic carbocycles. The molecule has 2 aromatic heterocycles. The predicted molar refractivity (Wildman–Crippen MR) is 115 cm³/mol. The molecule has 4 rings (SSSR count). The van der Waals surface area contributed by atoms with Gasteiger partial charge in [0.15, 0.2) is 0 Å². The summed E-state index contributed by atoms with van der Waals surface area (Å²) in [4.78, 5) is 31.1. The lowest BCUT2D eigenvalue weighted by Gasteiger charge is -2.17. The number of fused-ring (bicyclic) bond motifs is 1. The van der Waals surface area contributed by atoms with E-state index in [1.165, 1.54) is 22.2 Å². The van der Waals surface area contributed by atoms with Crippen LogP contribution in [0.25, 0.3) is 21.3 Å². The van der Waals surface area contributed by atoms with Gasteiger partial charge in [-0.1, -0.05) is 67.6 Å². The molecule has 0 saturated heterocycles. The van der Waals surface area contributed by atoms with Crippen molar-refractivity contribution in [1.82, 2.24) is 9.55 Å². The fraction of sp³-hybridized carbons (Fsp3) is 0.174. The highest BCUT2D eigenvalue weighted by molar-refractivity contribution is 7.17. The normalized spacial score (nSPS) is 12.0. The lowest BCUT2D eigenvalue weighted by Crippen LogP contribution is -2.31. The van der Waals surface area contributed by atoms with Gasteiger partial charge in [0.05, 0.1) is 11.7 Å². The summed E-state index contributed by atoms with van der Waals surface area (Å²) in [7, 11) is 0. The Hall–Kier alpha value is -3.25. The van der Waals surface area contributed by atoms with Gasteiger partial charge in [-0.05, 0) is 17.5 Å². The molecule has 146 valence electrons. The smallest absolute Gasteiger partial charge is 0.329 e. The minimum atomic E-state index is -0.716. The molecule has 4 aromatic rings. The fourth-order valence-corrected chi connectivity index (χ4v) is 4.21. The third-order valence-electron chi connectivity index (χ3n) is 4.82. The van der Waals surface area contributed by atoms with Crippen molar-refractivity contribution in [2.75, 3.05) is 0 Å². The minimum absolute atomic E-state index is 0.175. The van der Waals surface area contributed by atoms with Gasteiger partial charge in [-0.2, -0.15) is 0 Å². The van der Waals surface area contributed by atoms with Crippen LogP contribution in [0.2, 0.25) is 0 Å². The van der Waals surface area contributed by atoms with Gasteiger partial charge in [-0.3, -0.25) is 9.36 Å². The van der Waals surface area contributed by atoms with Crippen LogP contribution in [-0.4, -0.2) is 15.5 Å². The number of rotatable bonds is 6. The van der Waals surface area contributed by atoms with E-state index in [1.54, 1.807) is 0 Å². The van der Waals surface area contributed by atoms with Crippen molar-refractivity contribution in [3.8, 4) is 11.1 Å². The molecule has 0 aliphatic heterocycles. The summed E-state index contributed by atoms with van der Waals surface area (Å²) in [5.41, 5.74) is 2.47. The Kier molecular flexibility index (Phi) is 5.53. The molecule has 6 heteroatoms. The fourth-order valence-electron chi connectivity index (χ4n) is 3.30. The van der Waals surface area contributed by atoms with Crippen LogP contribution in [0.15, 0.2) is 77.2 Å². The summed E-state index contributed by atoms with van der Waals surface area (Å²) < 4.78 is 6.87. The first-order chi connectivity index (χ1) is 14.2. The van der Waals surface area contributed by atoms with Crippen LogP contribution in [-0.2, 0) is 16.1 Å². The average Bonchev–Trinajstić information content (AvgIpc) is 3.21. The first-order valence-electron chi connectivity index (χ1n) is 9.43. The molecule has 1 unspecified atom stereocenters. The van der Waals surface area contributed by atoms with Gasteiger partial charge in [-0.25, -0.2) is 9.78 Å². The van der Waals surface area contributed by atoms with Crippen molar-refractivity contribution < 1.29 is 9.53 Å². The van der Waals surface area contributed by atoms with Crippen LogP contribution in [0.4, 0.5) is 0 Å². The van der Waals surface area contributed by atoms with Crippen LogP contribution < -0.4 is 5.56 Å². The van der Waals surface area contributed by atoms with E-state index < -0.39 is 12.0 Å². The van der Waals surface area contributed by atoms with Crippen molar-refractivity contribution in [2.24, 2.45) is 0 Å². The third-order valence-corrected chi connectivity index (χ3v) is 5.71. The quantitative estimate of drug-likeness (QED) is 0.432. The van der Waals surface area contributed by atoms with Gasteiger partial charge < -0.3 is 4.74 Å². The third kappa shape index (κ3) is 3.84. The largest absolute Gasteiger partial charge is 0.459 e. The second-order valence-electron chi connectivity index (χ2n) is 6.67. The number of hydrogen-bond donors (Lipinski definition) is 0. The highest BCUT2D eigenvalue weighted by Gasteiger charge is 2.24. The number of esters is 1. The highest BCUT2D eigenvalue weighted by atomic mass is 32.1. The van der Waals surface area contributed by atoms with Crippen LogP contribution >= 0.6 is 11.3 Å². The van der Waals surface area contributed by atoms with Crippen LogP contribution in [0.1, 0.15) is 24.9 Å². The Morgan fingerprint density at radius 3 is 2.48 bits per heavy atom. The molecule has 0 bridgehead atoms. The SMILES string of the molecule is CCC(C(=O)OCc1ccccc1)n1cnc2scc(-c3ccccc3)c2c1=O. The van der Waals surface area contributed by atoms with Gasteiger partial charge in [0, 0.05) is 10.9 Å². The maximum absolute atomic E-state index is 13.3. The van der Waals surface area contributed by atoms with Gasteiger partial charge in [0.2, 0.25) is 0 Å². The predicted octanol–water partition coefficient (Wildman–Crippen LogP) is 4.82. The molecule has 0 aliphatic rings. The number of ether oxygens (including phenoxy) is 1. The summed E-state index contributed by atoms with van der Waals surface area (Å²) in [6, 6.07) is 18.5. The Bertz CT molecular complexity index is 1180. The van der Waals surface area contributed by atoms with Crippen LogP contribution in [0.5, 0.6) is 0 Å². The van der Waals surface area contributed by atoms with E-state index in [4.69, 9.17) is 4.74 Å². The molecule has 5 nitrogen and oxygen atoms in total. The highest BCUT2D eigenvalue weighted by Crippen LogP contribution is 2.30. The Morgan fingerprint density at radius 2 is 1.79 bits per heavy atom. The minimum Gasteiger partial charge on any atom is -0.459 e. The van der Waals surface area contributed by atoms with Crippen molar-refractivity contribution in [1.29, 1.82) is 0 Å². The summed E-state index contributed by atoms with van der Waals surface area (Å²) in [5, 5.41) is 2.48. The number of benzene rings is 2. The number of carbonyl (C=O) groups excluding carboxylic acids is 1. The second kappa shape index (κ2) is 8.41. The molecule has 0 amide bonds. The maximum Gasteiger partial charge on any atom is 0.329 e. The van der Waals surface area contributed by atoms with Crippen LogP contribution in [0.3, 0.4) is 0 Å². The second-order valence-corrected chi connectivity index (χ2v) is 7.53. The topological polar surface area (TPSA) is 61.2 Å². The number of carbonyl (C=O) groups is 1. The van der Waals surface area contributed by atoms with E-state index >= 15 is 0 Å². The Labute approximate surface area is 172 Å². The molecule has 0 N–H and O–H groups in total. The van der Waals surface area contributed by atoms with Crippen molar-refractivity contribution >= 4 is 27.5 Å². The molecule has 0 aliphatic carbocycles. The van der Waals surface area contributed by atoms with Crippen LogP contribution in [0, 0.1) is 0 Å². The lowest BCUT2D eigenvalue weighted by atomic mass is 10.1. The molecular formula is C23H20N2O3S. The number of hydrogen-bond acceptors (Lipinski definition) is 5. The molecule has 2 heterocycles. The molecule has 0 radical (unpaired) electrons. The molecule has 0 spiro atoms. The number of aromatic nitrogens is 2. The summed E-state index contributed by atoms with van der Waals surface area (Å²) in [5.74, 6) is -0.434. The standard InChI is InChI=1S/C23H20N2O3S/c1-2-19(23(27)28-13-16-9-5-3-6-10-16)25-15-24-21-20(22(25)26)18(14-29-21)17-11-7-4-8-12-17/h3-12,14-15,19H,2,13H2,1H3. The molecule has 0 saturated carbocycles. The average molecular weight is 404 g/mol. The zero-order valence-corrected chi connectivity index (χ0v) is 16.8. The number of nitrogens with zero attached hydrogens (tertiary/aromatic N) is 2. The zero-order valence-electron chi connectivity index (χ0n) is 15.9. The maximum atomic E-state index is 13.3. The first-order valence-corrected chi connectivity index (χ1v) is 10.3. The van der Waals surface area contributed by atoms with Gasteiger partial charge in [0.1, 0.15) is 17.5 Å². The van der Waals surface area contributed by atoms with Gasteiger partial charge in [0.25, 0.3) is 5.56 Å². The van der Waals surface area contributed by atoms with E-state index in [0.29, 0.717) is 16.6 Å². The molecule has 0 fully saturated rings. The van der Waals surface area contributed by atoms with E-state index in [0.717, 1.165) is 16.7 Å². The van der Waals surface area contributed by atoms with Crippen molar-refractivity contribution in [2.45, 2.75) is 26.0 Å². The van der Waals surface area contributed by atoms with E-state index in [-0.39, 0.29) is 12.2 Å². The Balaban J connectivity index is 1.67. The monoisotopic (exact) mass is 404 g/mol.